The van der Waals surface area contributed by atoms with E-state index in [-0.39, 0.29) is 32.4 Å². The maximum absolute atomic E-state index is 14.5. The molecule has 0 unspecified atom stereocenters. The van der Waals surface area contributed by atoms with Crippen molar-refractivity contribution in [3.8, 4) is 11.4 Å². The molecule has 0 bridgehead atoms. The van der Waals surface area contributed by atoms with E-state index in [1.165, 1.54) is 35.0 Å². The lowest BCUT2D eigenvalue weighted by molar-refractivity contribution is 0.0734. The number of amides is 3. The minimum absolute atomic E-state index is 0.0170. The SMILES string of the molecule is CCCCN(C(=O)c1nn(-c2ccc(C(=O)NS(=O)(=O)c3ccc4ccccc4c3)cc2C(=O)N2CCc3ccccc3C2)c(C)c1Cl)c1cccc(OC)c1. The normalized spacial score (nSPS) is 12.6. The highest BCUT2D eigenvalue weighted by Crippen LogP contribution is 2.31. The van der Waals surface area contributed by atoms with E-state index in [9.17, 15) is 22.8 Å². The highest BCUT2D eigenvalue weighted by atomic mass is 35.5. The number of nitrogens with one attached hydrogen (secondary N) is 1. The molecular weight excluding hydrogens is 750 g/mol. The zero-order chi connectivity index (χ0) is 39.6. The van der Waals surface area contributed by atoms with Gasteiger partial charge in [0.2, 0.25) is 0 Å². The van der Waals surface area contributed by atoms with Gasteiger partial charge in [-0.25, -0.2) is 17.8 Å². The first kappa shape index (κ1) is 38.3. The summed E-state index contributed by atoms with van der Waals surface area (Å²) in [6.45, 7) is 4.86. The molecule has 0 saturated carbocycles. The topological polar surface area (TPSA) is 131 Å². The first-order valence-electron chi connectivity index (χ1n) is 18.3. The van der Waals surface area contributed by atoms with Gasteiger partial charge in [-0.3, -0.25) is 14.4 Å². The molecule has 1 N–H and O–H groups in total. The maximum atomic E-state index is 14.5. The summed E-state index contributed by atoms with van der Waals surface area (Å²) in [4.78, 5) is 45.7. The van der Waals surface area contributed by atoms with Gasteiger partial charge >= 0.3 is 0 Å². The van der Waals surface area contributed by atoms with Gasteiger partial charge in [0.1, 0.15) is 5.75 Å². The van der Waals surface area contributed by atoms with E-state index in [0.717, 1.165) is 29.4 Å². The average molecular weight is 790 g/mol. The van der Waals surface area contributed by atoms with Crippen LogP contribution in [0.15, 0.2) is 114 Å². The Labute approximate surface area is 330 Å². The summed E-state index contributed by atoms with van der Waals surface area (Å²) in [5.41, 5.74) is 3.42. The van der Waals surface area contributed by atoms with Crippen LogP contribution in [0.4, 0.5) is 5.69 Å². The van der Waals surface area contributed by atoms with Crippen molar-refractivity contribution in [1.82, 2.24) is 19.4 Å². The van der Waals surface area contributed by atoms with Gasteiger partial charge in [-0.1, -0.05) is 85.6 Å². The number of carbonyl (C=O) groups is 3. The Morgan fingerprint density at radius 3 is 2.41 bits per heavy atom. The third kappa shape index (κ3) is 7.62. The second kappa shape index (κ2) is 16.0. The molecule has 1 aliphatic heterocycles. The van der Waals surface area contributed by atoms with Crippen molar-refractivity contribution >= 4 is 55.8 Å². The molecule has 6 aromatic rings. The van der Waals surface area contributed by atoms with E-state index in [2.05, 4.69) is 4.72 Å². The molecule has 0 spiro atoms. The monoisotopic (exact) mass is 789 g/mol. The molecule has 3 amide bonds. The van der Waals surface area contributed by atoms with Crippen LogP contribution >= 0.6 is 11.6 Å². The smallest absolute Gasteiger partial charge is 0.280 e. The minimum Gasteiger partial charge on any atom is -0.497 e. The molecule has 0 atom stereocenters. The van der Waals surface area contributed by atoms with Gasteiger partial charge < -0.3 is 14.5 Å². The largest absolute Gasteiger partial charge is 0.497 e. The fourth-order valence-corrected chi connectivity index (χ4v) is 8.08. The lowest BCUT2D eigenvalue weighted by atomic mass is 9.98. The summed E-state index contributed by atoms with van der Waals surface area (Å²) in [6.07, 6.45) is 2.19. The summed E-state index contributed by atoms with van der Waals surface area (Å²) in [7, 11) is -2.73. The number of aromatic nitrogens is 2. The van der Waals surface area contributed by atoms with Gasteiger partial charge in [0, 0.05) is 37.0 Å². The van der Waals surface area contributed by atoms with E-state index in [4.69, 9.17) is 21.4 Å². The molecule has 2 heterocycles. The fraction of sp³-hybridized carbons (Fsp3) is 0.209. The minimum atomic E-state index is -4.29. The Balaban J connectivity index is 1.27. The second-order valence-electron chi connectivity index (χ2n) is 13.6. The number of benzene rings is 5. The Hall–Kier alpha value is -5.98. The van der Waals surface area contributed by atoms with E-state index >= 15 is 0 Å². The number of anilines is 1. The molecule has 286 valence electrons. The summed E-state index contributed by atoms with van der Waals surface area (Å²) in [5.74, 6) is -1.17. The van der Waals surface area contributed by atoms with Gasteiger partial charge in [0.15, 0.2) is 5.69 Å². The van der Waals surface area contributed by atoms with Gasteiger partial charge in [-0.2, -0.15) is 5.10 Å². The molecule has 0 fully saturated rings. The van der Waals surface area contributed by atoms with Crippen LogP contribution in [0.3, 0.4) is 0 Å². The van der Waals surface area contributed by atoms with Crippen molar-refractivity contribution in [1.29, 1.82) is 0 Å². The molecule has 11 nitrogen and oxygen atoms in total. The first-order valence-corrected chi connectivity index (χ1v) is 20.1. The zero-order valence-corrected chi connectivity index (χ0v) is 32.7. The Morgan fingerprint density at radius 1 is 0.893 bits per heavy atom. The van der Waals surface area contributed by atoms with Gasteiger partial charge in [0.05, 0.1) is 34.0 Å². The number of unbranched alkanes of at least 4 members (excludes halogenated alkanes) is 1. The molecule has 1 aromatic heterocycles. The van der Waals surface area contributed by atoms with Crippen molar-refractivity contribution in [2.75, 3.05) is 25.1 Å². The number of halogens is 1. The van der Waals surface area contributed by atoms with Crippen LogP contribution < -0.4 is 14.4 Å². The van der Waals surface area contributed by atoms with Gasteiger partial charge in [-0.05, 0) is 84.1 Å². The Bertz CT molecular complexity index is 2610. The molecule has 7 rings (SSSR count). The van der Waals surface area contributed by atoms with Crippen LogP contribution in [0.2, 0.25) is 5.02 Å². The van der Waals surface area contributed by atoms with Crippen LogP contribution in [0.5, 0.6) is 5.75 Å². The van der Waals surface area contributed by atoms with E-state index in [0.29, 0.717) is 48.6 Å². The van der Waals surface area contributed by atoms with Crippen LogP contribution in [-0.2, 0) is 23.0 Å². The van der Waals surface area contributed by atoms with Crippen LogP contribution in [0.1, 0.15) is 67.8 Å². The second-order valence-corrected chi connectivity index (χ2v) is 15.7. The highest BCUT2D eigenvalue weighted by Gasteiger charge is 2.30. The molecule has 0 saturated heterocycles. The number of methoxy groups -OCH3 is 1. The molecule has 5 aromatic carbocycles. The Morgan fingerprint density at radius 2 is 1.64 bits per heavy atom. The van der Waals surface area contributed by atoms with Crippen molar-refractivity contribution in [2.24, 2.45) is 0 Å². The van der Waals surface area contributed by atoms with E-state index in [1.807, 2.05) is 49.4 Å². The number of carbonyl (C=O) groups excluding carboxylic acids is 3. The van der Waals surface area contributed by atoms with Crippen molar-refractivity contribution in [2.45, 2.75) is 44.6 Å². The van der Waals surface area contributed by atoms with Crippen LogP contribution in [0.25, 0.3) is 16.5 Å². The number of sulfonamides is 1. The molecule has 0 radical (unpaired) electrons. The Kier molecular flexibility index (Phi) is 11.0. The highest BCUT2D eigenvalue weighted by molar-refractivity contribution is 7.90. The predicted molar refractivity (Wildman–Crippen MR) is 216 cm³/mol. The van der Waals surface area contributed by atoms with Crippen LogP contribution in [0, 0.1) is 6.92 Å². The van der Waals surface area contributed by atoms with Crippen molar-refractivity contribution < 1.29 is 27.5 Å². The quantitative estimate of drug-likeness (QED) is 0.142. The summed E-state index contributed by atoms with van der Waals surface area (Å²) in [5, 5.41) is 6.35. The summed E-state index contributed by atoms with van der Waals surface area (Å²) >= 11 is 6.89. The predicted octanol–water partition coefficient (Wildman–Crippen LogP) is 7.76. The van der Waals surface area contributed by atoms with Gasteiger partial charge in [0.25, 0.3) is 27.7 Å². The number of fused-ring (bicyclic) bond motifs is 2. The van der Waals surface area contributed by atoms with E-state index in [1.54, 1.807) is 60.2 Å². The van der Waals surface area contributed by atoms with Gasteiger partial charge in [-0.15, -0.1) is 0 Å². The lowest BCUT2D eigenvalue weighted by Crippen LogP contribution is -2.37. The van der Waals surface area contributed by atoms with E-state index < -0.39 is 27.7 Å². The van der Waals surface area contributed by atoms with Crippen molar-refractivity contribution in [3.63, 3.8) is 0 Å². The zero-order valence-electron chi connectivity index (χ0n) is 31.2. The molecule has 1 aliphatic rings. The molecular formula is C43H40ClN5O6S. The average Bonchev–Trinajstić information content (AvgIpc) is 3.52. The summed E-state index contributed by atoms with van der Waals surface area (Å²) in [6, 6.07) is 31.3. The van der Waals surface area contributed by atoms with Crippen LogP contribution in [-0.4, -0.2) is 61.0 Å². The lowest BCUT2D eigenvalue weighted by Gasteiger charge is -2.29. The van der Waals surface area contributed by atoms with Crippen molar-refractivity contribution in [3.05, 3.63) is 148 Å². The standard InChI is InChI=1S/C43H40ClN5O6S/c1-4-5-22-48(34-15-10-16-35(26-34)55-3)43(52)40-39(44)28(2)49(45-40)38-20-18-32(25-37(38)42(51)47-23-21-30-12-7-9-14-33(30)27-47)41(50)46-56(53,54)36-19-17-29-11-6-8-13-31(29)24-36/h6-20,24-26H,4-5,21-23,27H2,1-3H3,(H,46,50). The maximum Gasteiger partial charge on any atom is 0.280 e. The number of hydrogen-bond acceptors (Lipinski definition) is 7. The third-order valence-corrected chi connectivity index (χ3v) is 11.8. The molecule has 56 heavy (non-hydrogen) atoms. The fourth-order valence-electron chi connectivity index (χ4n) is 6.87. The number of hydrogen-bond donors (Lipinski definition) is 1. The summed E-state index contributed by atoms with van der Waals surface area (Å²) < 4.78 is 35.9. The molecule has 13 heteroatoms. The third-order valence-electron chi connectivity index (χ3n) is 9.98. The number of ether oxygens (including phenoxy) is 1. The first-order chi connectivity index (χ1) is 27.0. The number of nitrogens with zero attached hydrogens (tertiary/aromatic N) is 4. The molecule has 0 aliphatic carbocycles. The number of rotatable bonds is 11.